The van der Waals surface area contributed by atoms with Crippen molar-refractivity contribution in [3.8, 4) is 11.5 Å². The minimum absolute atomic E-state index is 0.201. The fourth-order valence-corrected chi connectivity index (χ4v) is 4.35. The Kier molecular flexibility index (Phi) is 5.92. The van der Waals surface area contributed by atoms with E-state index in [9.17, 15) is 4.79 Å². The van der Waals surface area contributed by atoms with E-state index in [2.05, 4.69) is 0 Å². The van der Waals surface area contributed by atoms with Gasteiger partial charge in [0.15, 0.2) is 4.32 Å². The van der Waals surface area contributed by atoms with Gasteiger partial charge in [0, 0.05) is 0 Å². The monoisotopic (exact) mass is 457 g/mol. The molecule has 1 saturated heterocycles. The molecule has 0 bridgehead atoms. The highest BCUT2D eigenvalue weighted by Crippen LogP contribution is 2.38. The summed E-state index contributed by atoms with van der Waals surface area (Å²) in [4.78, 5) is 14.9. The van der Waals surface area contributed by atoms with Gasteiger partial charge in [-0.2, -0.15) is 0 Å². The summed E-state index contributed by atoms with van der Waals surface area (Å²) in [5.41, 5.74) is 1.43. The number of rotatable bonds is 4. The number of thioether (sulfide) groups is 1. The molecule has 3 aromatic carbocycles. The zero-order valence-electron chi connectivity index (χ0n) is 14.8. The van der Waals surface area contributed by atoms with Crippen molar-refractivity contribution in [1.29, 1.82) is 0 Å². The summed E-state index contributed by atoms with van der Waals surface area (Å²) in [5, 5.41) is 0.791. The number of thiocarbonyl (C=S) groups is 1. The normalized spacial score (nSPS) is 15.2. The second-order valence-corrected chi connectivity index (χ2v) is 8.59. The number of para-hydroxylation sites is 1. The number of ether oxygens (including phenoxy) is 1. The van der Waals surface area contributed by atoms with Gasteiger partial charge >= 0.3 is 0 Å². The zero-order chi connectivity index (χ0) is 20.4. The summed E-state index contributed by atoms with van der Waals surface area (Å²) < 4.78 is 6.30. The number of hydrogen-bond donors (Lipinski definition) is 0. The highest BCUT2D eigenvalue weighted by Gasteiger charge is 2.33. The third-order valence-electron chi connectivity index (χ3n) is 4.09. The van der Waals surface area contributed by atoms with Gasteiger partial charge in [0.2, 0.25) is 0 Å². The van der Waals surface area contributed by atoms with Gasteiger partial charge in [0.25, 0.3) is 5.91 Å². The van der Waals surface area contributed by atoms with Gasteiger partial charge in [-0.3, -0.25) is 9.69 Å². The molecule has 0 atom stereocenters. The van der Waals surface area contributed by atoms with Crippen LogP contribution in [0.2, 0.25) is 10.0 Å². The highest BCUT2D eigenvalue weighted by molar-refractivity contribution is 8.27. The van der Waals surface area contributed by atoms with Crippen molar-refractivity contribution in [3.05, 3.63) is 93.3 Å². The Balaban J connectivity index is 1.59. The quantitative estimate of drug-likeness (QED) is 0.306. The van der Waals surface area contributed by atoms with E-state index in [1.807, 2.05) is 54.6 Å². The summed E-state index contributed by atoms with van der Waals surface area (Å²) >= 11 is 18.7. The van der Waals surface area contributed by atoms with Gasteiger partial charge in [-0.1, -0.05) is 77.5 Å². The molecule has 0 N–H and O–H groups in total. The fraction of sp³-hybridized carbons (Fsp3) is 0. The maximum absolute atomic E-state index is 12.9. The van der Waals surface area contributed by atoms with E-state index in [-0.39, 0.29) is 5.91 Å². The number of hydrogen-bond acceptors (Lipinski definition) is 4. The van der Waals surface area contributed by atoms with E-state index in [0.29, 0.717) is 30.7 Å². The Labute approximate surface area is 187 Å². The Hall–Kier alpha value is -2.31. The average molecular weight is 458 g/mol. The molecule has 0 saturated carbocycles. The lowest BCUT2D eigenvalue weighted by molar-refractivity contribution is -0.113. The van der Waals surface area contributed by atoms with Gasteiger partial charge in [-0.25, -0.2) is 0 Å². The van der Waals surface area contributed by atoms with E-state index < -0.39 is 0 Å². The first-order valence-corrected chi connectivity index (χ1v) is 10.6. The van der Waals surface area contributed by atoms with Gasteiger partial charge in [-0.05, 0) is 54.1 Å². The number of anilines is 1. The van der Waals surface area contributed by atoms with Crippen LogP contribution in [0.1, 0.15) is 5.56 Å². The lowest BCUT2D eigenvalue weighted by atomic mass is 10.2. The number of amides is 1. The molecule has 1 heterocycles. The summed E-state index contributed by atoms with van der Waals surface area (Å²) in [5.74, 6) is 1.23. The molecule has 1 amide bonds. The molecule has 1 fully saturated rings. The first-order valence-electron chi connectivity index (χ1n) is 8.57. The smallest absolute Gasteiger partial charge is 0.270 e. The van der Waals surface area contributed by atoms with Crippen LogP contribution in [-0.2, 0) is 4.79 Å². The van der Waals surface area contributed by atoms with Crippen LogP contribution >= 0.6 is 47.2 Å². The molecular formula is C22H13Cl2NO2S2. The largest absolute Gasteiger partial charge is 0.457 e. The molecule has 0 unspecified atom stereocenters. The van der Waals surface area contributed by atoms with Crippen molar-refractivity contribution in [1.82, 2.24) is 0 Å². The second kappa shape index (κ2) is 8.59. The van der Waals surface area contributed by atoms with Crippen LogP contribution in [0.25, 0.3) is 6.08 Å². The number of carbonyl (C=O) groups excluding carboxylic acids is 1. The van der Waals surface area contributed by atoms with Crippen LogP contribution in [0.4, 0.5) is 5.69 Å². The average Bonchev–Trinajstić information content (AvgIpc) is 2.98. The van der Waals surface area contributed by atoms with E-state index in [1.165, 1.54) is 16.7 Å². The molecule has 1 aliphatic rings. The van der Waals surface area contributed by atoms with Gasteiger partial charge in [0.1, 0.15) is 11.5 Å². The van der Waals surface area contributed by atoms with Crippen molar-refractivity contribution >= 4 is 69.2 Å². The van der Waals surface area contributed by atoms with Crippen LogP contribution in [-0.4, -0.2) is 10.2 Å². The van der Waals surface area contributed by atoms with E-state index >= 15 is 0 Å². The molecule has 0 aliphatic carbocycles. The zero-order valence-corrected chi connectivity index (χ0v) is 18.0. The standard InChI is InChI=1S/C22H13Cl2NO2S2/c23-18-10-9-15(13-19(18)24)25-21(26)20(29-22(25)28)12-14-5-4-8-17(11-14)27-16-6-2-1-3-7-16/h1-13H/b20-12-. The van der Waals surface area contributed by atoms with E-state index in [1.54, 1.807) is 24.3 Å². The number of halogens is 2. The fourth-order valence-electron chi connectivity index (χ4n) is 2.76. The first-order chi connectivity index (χ1) is 14.0. The lowest BCUT2D eigenvalue weighted by Crippen LogP contribution is -2.27. The number of nitrogens with zero attached hydrogens (tertiary/aromatic N) is 1. The van der Waals surface area contributed by atoms with E-state index in [0.717, 1.165) is 11.3 Å². The SMILES string of the molecule is O=C1/C(=C/c2cccc(Oc3ccccc3)c2)SC(=S)N1c1ccc(Cl)c(Cl)c1. The Morgan fingerprint density at radius 1 is 0.897 bits per heavy atom. The first kappa shape index (κ1) is 20.0. The van der Waals surface area contributed by atoms with Crippen LogP contribution in [0.5, 0.6) is 11.5 Å². The van der Waals surface area contributed by atoms with Crippen LogP contribution in [0.3, 0.4) is 0 Å². The van der Waals surface area contributed by atoms with Crippen molar-refractivity contribution in [2.45, 2.75) is 0 Å². The maximum Gasteiger partial charge on any atom is 0.270 e. The molecule has 29 heavy (non-hydrogen) atoms. The van der Waals surface area contributed by atoms with Crippen LogP contribution in [0.15, 0.2) is 77.7 Å². The third kappa shape index (κ3) is 4.49. The van der Waals surface area contributed by atoms with Gasteiger partial charge < -0.3 is 4.74 Å². The predicted molar refractivity (Wildman–Crippen MR) is 125 cm³/mol. The predicted octanol–water partition coefficient (Wildman–Crippen LogP) is 7.19. The van der Waals surface area contributed by atoms with Crippen LogP contribution in [0, 0.1) is 0 Å². The van der Waals surface area contributed by atoms with Crippen molar-refractivity contribution in [2.24, 2.45) is 0 Å². The molecule has 0 radical (unpaired) electrons. The minimum atomic E-state index is -0.201. The molecule has 0 spiro atoms. The summed E-state index contributed by atoms with van der Waals surface area (Å²) in [6.45, 7) is 0. The lowest BCUT2D eigenvalue weighted by Gasteiger charge is -2.15. The highest BCUT2D eigenvalue weighted by atomic mass is 35.5. The molecule has 3 aromatic rings. The minimum Gasteiger partial charge on any atom is -0.457 e. The molecule has 0 aromatic heterocycles. The van der Waals surface area contributed by atoms with Crippen molar-refractivity contribution in [3.63, 3.8) is 0 Å². The second-order valence-electron chi connectivity index (χ2n) is 6.10. The number of benzene rings is 3. The topological polar surface area (TPSA) is 29.5 Å². The Bertz CT molecular complexity index is 1130. The van der Waals surface area contributed by atoms with Gasteiger partial charge in [-0.15, -0.1) is 0 Å². The van der Waals surface area contributed by atoms with Gasteiger partial charge in [0.05, 0.1) is 20.6 Å². The Morgan fingerprint density at radius 3 is 2.41 bits per heavy atom. The summed E-state index contributed by atoms with van der Waals surface area (Å²) in [7, 11) is 0. The van der Waals surface area contributed by atoms with Crippen LogP contribution < -0.4 is 9.64 Å². The molecule has 4 rings (SSSR count). The molecule has 7 heteroatoms. The molecule has 3 nitrogen and oxygen atoms in total. The Morgan fingerprint density at radius 2 is 1.66 bits per heavy atom. The maximum atomic E-state index is 12.9. The van der Waals surface area contributed by atoms with Crippen molar-refractivity contribution in [2.75, 3.05) is 4.90 Å². The van der Waals surface area contributed by atoms with E-state index in [4.69, 9.17) is 40.2 Å². The van der Waals surface area contributed by atoms with Crippen molar-refractivity contribution < 1.29 is 9.53 Å². The summed E-state index contributed by atoms with van der Waals surface area (Å²) in [6.07, 6.45) is 1.80. The summed E-state index contributed by atoms with van der Waals surface area (Å²) in [6, 6.07) is 22.0. The molecule has 1 aliphatic heterocycles. The molecular weight excluding hydrogens is 445 g/mol. The number of carbonyl (C=O) groups is 1. The third-order valence-corrected chi connectivity index (χ3v) is 6.13. The molecule has 144 valence electrons.